The van der Waals surface area contributed by atoms with Gasteiger partial charge in [0.05, 0.1) is 21.6 Å². The van der Waals surface area contributed by atoms with Gasteiger partial charge in [0.15, 0.2) is 8.32 Å². The minimum atomic E-state index is -3.54. The van der Waals surface area contributed by atoms with Crippen LogP contribution in [-0.4, -0.2) is 39.0 Å². The van der Waals surface area contributed by atoms with Gasteiger partial charge in [0.25, 0.3) is 5.92 Å². The van der Waals surface area contributed by atoms with E-state index < -0.39 is 29.7 Å². The number of sulfone groups is 1. The van der Waals surface area contributed by atoms with E-state index in [1.807, 2.05) is 51.1 Å². The smallest absolute Gasteiger partial charge is 0.251 e. The van der Waals surface area contributed by atoms with E-state index in [2.05, 4.69) is 32.7 Å². The van der Waals surface area contributed by atoms with Crippen LogP contribution in [0.4, 0.5) is 8.78 Å². The van der Waals surface area contributed by atoms with Crippen LogP contribution in [0, 0.1) is 23.2 Å². The zero-order valence-electron chi connectivity index (χ0n) is 26.6. The number of halogens is 2. The highest BCUT2D eigenvalue weighted by Crippen LogP contribution is 2.60. The Morgan fingerprint density at radius 1 is 1.17 bits per heavy atom. The van der Waals surface area contributed by atoms with Crippen LogP contribution in [0.15, 0.2) is 40.3 Å². The highest BCUT2D eigenvalue weighted by molar-refractivity contribution is 7.93. The molecule has 4 atom stereocenters. The average Bonchev–Trinajstić information content (AvgIpc) is 3.51. The van der Waals surface area contributed by atoms with Crippen LogP contribution in [0.1, 0.15) is 93.4 Å². The summed E-state index contributed by atoms with van der Waals surface area (Å²) < 4.78 is 65.4. The van der Waals surface area contributed by atoms with Crippen molar-refractivity contribution in [3.63, 3.8) is 0 Å². The molecule has 4 rings (SSSR count). The third kappa shape index (κ3) is 7.21. The van der Waals surface area contributed by atoms with Crippen molar-refractivity contribution in [3.05, 3.63) is 35.9 Å². The molecule has 0 amide bonds. The van der Waals surface area contributed by atoms with E-state index in [1.54, 1.807) is 0 Å². The maximum atomic E-state index is 15.7. The molecule has 42 heavy (non-hydrogen) atoms. The lowest BCUT2D eigenvalue weighted by Gasteiger charge is -2.45. The molecular formula is C33H51F2NO3S2Si. The predicted molar refractivity (Wildman–Crippen MR) is 174 cm³/mol. The van der Waals surface area contributed by atoms with Gasteiger partial charge in [-0.25, -0.2) is 22.2 Å². The normalized spacial score (nSPS) is 25.7. The first kappa shape index (κ1) is 33.7. The van der Waals surface area contributed by atoms with Crippen LogP contribution in [-0.2, 0) is 14.3 Å². The number of hydrogen-bond donors (Lipinski definition) is 0. The maximum Gasteiger partial charge on any atom is 0.251 e. The van der Waals surface area contributed by atoms with E-state index in [0.29, 0.717) is 5.52 Å². The lowest BCUT2D eigenvalue weighted by atomic mass is 9.60. The number of aromatic nitrogens is 1. The molecule has 2 fully saturated rings. The predicted octanol–water partition coefficient (Wildman–Crippen LogP) is 10.1. The molecule has 9 heteroatoms. The van der Waals surface area contributed by atoms with Gasteiger partial charge in [0, 0.05) is 12.8 Å². The summed E-state index contributed by atoms with van der Waals surface area (Å²) in [6.45, 7) is 14.4. The van der Waals surface area contributed by atoms with Crippen molar-refractivity contribution >= 4 is 39.7 Å². The standard InChI is InChI=1S/C33H51F2NO3S2Si/c1-8-42(9-2,10-3)39-31(5,6)23-33(34,35)22-24(4)26-17-18-27-25(14-13-20-32(26,27)7)19-21-41(37,38)30-36-28-15-11-12-16-29(28)40-30/h11-12,15-16,19,24,26-27H,8-10,13-14,17-18,20-23H2,1-7H3/t24-,26-,27+,32-/m1/s1. The molecule has 2 aromatic rings. The van der Waals surface area contributed by atoms with Gasteiger partial charge in [-0.15, -0.1) is 11.3 Å². The van der Waals surface area contributed by atoms with Crippen molar-refractivity contribution in [2.75, 3.05) is 5.75 Å². The van der Waals surface area contributed by atoms with Gasteiger partial charge in [-0.05, 0) is 99.4 Å². The van der Waals surface area contributed by atoms with Gasteiger partial charge in [-0.1, -0.05) is 58.4 Å². The Labute approximate surface area is 257 Å². The number of allylic oxidation sites excluding steroid dienone is 1. The third-order valence-electron chi connectivity index (χ3n) is 10.6. The fourth-order valence-electron chi connectivity index (χ4n) is 8.43. The molecule has 1 aromatic carbocycles. The monoisotopic (exact) mass is 639 g/mol. The largest absolute Gasteiger partial charge is 0.412 e. The Morgan fingerprint density at radius 3 is 2.48 bits per heavy atom. The summed E-state index contributed by atoms with van der Waals surface area (Å²) in [6, 6.07) is 10.3. The molecular weight excluding hydrogens is 589 g/mol. The molecule has 0 bridgehead atoms. The molecule has 0 saturated heterocycles. The number of thiazole rings is 1. The molecule has 1 aromatic heterocycles. The number of para-hydroxylation sites is 1. The minimum absolute atomic E-state index is 0.0554. The van der Waals surface area contributed by atoms with E-state index in [9.17, 15) is 8.42 Å². The fourth-order valence-corrected chi connectivity index (χ4v) is 14.1. The lowest BCUT2D eigenvalue weighted by Crippen LogP contribution is -2.47. The molecule has 0 radical (unpaired) electrons. The highest BCUT2D eigenvalue weighted by Gasteiger charge is 2.52. The second-order valence-corrected chi connectivity index (χ2v) is 21.9. The van der Waals surface area contributed by atoms with Crippen molar-refractivity contribution in [2.45, 2.75) is 127 Å². The number of nitrogens with zero attached hydrogens (tertiary/aromatic N) is 1. The number of rotatable bonds is 13. The zero-order chi connectivity index (χ0) is 31.0. The molecule has 0 N–H and O–H groups in total. The molecule has 0 unspecified atom stereocenters. The summed E-state index contributed by atoms with van der Waals surface area (Å²) in [5, 5.41) is 0. The third-order valence-corrected chi connectivity index (χ3v) is 18.5. The fraction of sp³-hybridized carbons (Fsp3) is 0.727. The van der Waals surface area contributed by atoms with Crippen LogP contribution in [0.2, 0.25) is 18.1 Å². The molecule has 2 saturated carbocycles. The van der Waals surface area contributed by atoms with Gasteiger partial charge < -0.3 is 4.43 Å². The molecule has 0 spiro atoms. The molecule has 2 aliphatic carbocycles. The topological polar surface area (TPSA) is 56.3 Å². The second-order valence-electron chi connectivity index (χ2n) is 13.9. The van der Waals surface area contributed by atoms with E-state index in [-0.39, 0.29) is 46.1 Å². The van der Waals surface area contributed by atoms with E-state index in [4.69, 9.17) is 4.43 Å². The first-order valence-electron chi connectivity index (χ1n) is 15.9. The number of hydrogen-bond acceptors (Lipinski definition) is 5. The van der Waals surface area contributed by atoms with Crippen LogP contribution in [0.25, 0.3) is 10.2 Å². The van der Waals surface area contributed by atoms with Crippen LogP contribution >= 0.6 is 11.3 Å². The Bertz CT molecular complexity index is 1330. The van der Waals surface area contributed by atoms with E-state index in [0.717, 1.165) is 54.9 Å². The summed E-state index contributed by atoms with van der Waals surface area (Å²) in [5.74, 6) is -2.53. The number of benzene rings is 1. The Morgan fingerprint density at radius 2 is 1.83 bits per heavy atom. The second kappa shape index (κ2) is 12.7. The SMILES string of the molecule is CC[Si](CC)(CC)OC(C)(C)CC(F)(F)C[C@@H](C)[C@H]1CC[C@H]2C(=CCS(=O)(=O)c3nc4ccccc4s3)CCC[C@]12C. The Balaban J connectivity index is 1.44. The van der Waals surface area contributed by atoms with Gasteiger partial charge >= 0.3 is 0 Å². The highest BCUT2D eigenvalue weighted by atomic mass is 32.2. The number of fused-ring (bicyclic) bond motifs is 2. The van der Waals surface area contributed by atoms with Gasteiger partial charge in [-0.2, -0.15) is 0 Å². The summed E-state index contributed by atoms with van der Waals surface area (Å²) >= 11 is 1.22. The van der Waals surface area contributed by atoms with Crippen molar-refractivity contribution in [2.24, 2.45) is 23.2 Å². The summed E-state index contributed by atoms with van der Waals surface area (Å²) in [6.07, 6.45) is 6.27. The molecule has 4 nitrogen and oxygen atoms in total. The van der Waals surface area contributed by atoms with Crippen molar-refractivity contribution < 1.29 is 21.6 Å². The first-order valence-corrected chi connectivity index (χ1v) is 20.9. The quantitative estimate of drug-likeness (QED) is 0.162. The molecule has 2 aliphatic rings. The molecule has 1 heterocycles. The van der Waals surface area contributed by atoms with Gasteiger partial charge in [0.2, 0.25) is 14.2 Å². The molecule has 236 valence electrons. The first-order chi connectivity index (χ1) is 19.6. The van der Waals surface area contributed by atoms with Gasteiger partial charge in [0.1, 0.15) is 0 Å². The van der Waals surface area contributed by atoms with Gasteiger partial charge in [-0.3, -0.25) is 0 Å². The summed E-state index contributed by atoms with van der Waals surface area (Å²) in [5.41, 5.74) is 0.972. The molecule has 0 aliphatic heterocycles. The van der Waals surface area contributed by atoms with Crippen molar-refractivity contribution in [1.29, 1.82) is 0 Å². The summed E-state index contributed by atoms with van der Waals surface area (Å²) in [7, 11) is -5.54. The van der Waals surface area contributed by atoms with E-state index in [1.165, 1.54) is 16.9 Å². The van der Waals surface area contributed by atoms with Crippen molar-refractivity contribution in [1.82, 2.24) is 4.98 Å². The maximum absolute atomic E-state index is 15.7. The Kier molecular flexibility index (Phi) is 10.2. The average molecular weight is 640 g/mol. The zero-order valence-corrected chi connectivity index (χ0v) is 29.3. The lowest BCUT2D eigenvalue weighted by molar-refractivity contribution is -0.0904. The van der Waals surface area contributed by atoms with Crippen molar-refractivity contribution in [3.8, 4) is 0 Å². The van der Waals surface area contributed by atoms with Crippen LogP contribution in [0.3, 0.4) is 0 Å². The minimum Gasteiger partial charge on any atom is -0.412 e. The number of alkyl halides is 2. The van der Waals surface area contributed by atoms with Crippen LogP contribution < -0.4 is 0 Å². The Hall–Kier alpha value is -1.16. The van der Waals surface area contributed by atoms with E-state index >= 15 is 8.78 Å². The van der Waals surface area contributed by atoms with Crippen LogP contribution in [0.5, 0.6) is 0 Å². The summed E-state index contributed by atoms with van der Waals surface area (Å²) in [4.78, 5) is 4.38.